The van der Waals surface area contributed by atoms with Gasteiger partial charge in [0, 0.05) is 22.6 Å². The third-order valence-electron chi connectivity index (χ3n) is 2.91. The first-order valence-corrected chi connectivity index (χ1v) is 7.11. The fourth-order valence-electron chi connectivity index (χ4n) is 1.96. The van der Waals surface area contributed by atoms with Crippen LogP contribution in [0.25, 0.3) is 0 Å². The average Bonchev–Trinajstić information content (AvgIpc) is 2.71. The molecule has 2 rings (SSSR count). The van der Waals surface area contributed by atoms with E-state index in [1.54, 1.807) is 7.11 Å². The highest BCUT2D eigenvalue weighted by molar-refractivity contribution is 14.1. The van der Waals surface area contributed by atoms with Gasteiger partial charge in [0.1, 0.15) is 5.75 Å². The van der Waals surface area contributed by atoms with Gasteiger partial charge in [-0.05, 0) is 46.4 Å². The number of thiol groups is 1. The van der Waals surface area contributed by atoms with Crippen LogP contribution in [0.4, 0.5) is 5.69 Å². The number of amides is 1. The van der Waals surface area contributed by atoms with Gasteiger partial charge in [-0.3, -0.25) is 4.79 Å². The van der Waals surface area contributed by atoms with E-state index >= 15 is 0 Å². The molecule has 17 heavy (non-hydrogen) atoms. The third kappa shape index (κ3) is 2.70. The minimum Gasteiger partial charge on any atom is -0.497 e. The Hall–Kier alpha value is -0.430. The van der Waals surface area contributed by atoms with Crippen molar-refractivity contribution in [2.24, 2.45) is 5.92 Å². The maximum absolute atomic E-state index is 11.9. The van der Waals surface area contributed by atoms with Crippen molar-refractivity contribution in [2.75, 3.05) is 24.3 Å². The van der Waals surface area contributed by atoms with E-state index in [-0.39, 0.29) is 5.91 Å². The lowest BCUT2D eigenvalue weighted by atomic mass is 10.1. The average molecular weight is 363 g/mol. The minimum absolute atomic E-state index is 0.176. The van der Waals surface area contributed by atoms with Gasteiger partial charge < -0.3 is 9.64 Å². The van der Waals surface area contributed by atoms with Crippen LogP contribution in [0.2, 0.25) is 0 Å². The van der Waals surface area contributed by atoms with Gasteiger partial charge in [0.15, 0.2) is 0 Å². The number of rotatable bonds is 3. The van der Waals surface area contributed by atoms with E-state index in [1.165, 1.54) is 0 Å². The lowest BCUT2D eigenvalue weighted by molar-refractivity contribution is -0.117. The van der Waals surface area contributed by atoms with Crippen molar-refractivity contribution in [3.8, 4) is 5.75 Å². The van der Waals surface area contributed by atoms with Crippen LogP contribution >= 0.6 is 35.2 Å². The van der Waals surface area contributed by atoms with Gasteiger partial charge in [-0.15, -0.1) is 0 Å². The molecular formula is C12H14INO2S. The SMILES string of the molecule is COc1ccc(I)c(N2CC(CS)CC2=O)c1. The molecule has 3 nitrogen and oxygen atoms in total. The number of hydrogen-bond donors (Lipinski definition) is 1. The summed E-state index contributed by atoms with van der Waals surface area (Å²) in [6.07, 6.45) is 0.594. The predicted molar refractivity (Wildman–Crippen MR) is 80.0 cm³/mol. The van der Waals surface area contributed by atoms with Crippen molar-refractivity contribution in [1.29, 1.82) is 0 Å². The summed E-state index contributed by atoms with van der Waals surface area (Å²) in [5, 5.41) is 0. The Labute approximate surface area is 120 Å². The summed E-state index contributed by atoms with van der Waals surface area (Å²) in [5.41, 5.74) is 0.944. The molecule has 5 heteroatoms. The van der Waals surface area contributed by atoms with Crippen LogP contribution in [0.5, 0.6) is 5.75 Å². The molecule has 1 aromatic carbocycles. The monoisotopic (exact) mass is 363 g/mol. The van der Waals surface area contributed by atoms with E-state index < -0.39 is 0 Å². The van der Waals surface area contributed by atoms with Gasteiger partial charge in [0.05, 0.1) is 12.8 Å². The molecule has 92 valence electrons. The van der Waals surface area contributed by atoms with E-state index in [1.807, 2.05) is 23.1 Å². The van der Waals surface area contributed by atoms with Crippen molar-refractivity contribution in [2.45, 2.75) is 6.42 Å². The Bertz CT molecular complexity index is 439. The second-order valence-corrected chi connectivity index (χ2v) is 5.60. The van der Waals surface area contributed by atoms with Gasteiger partial charge in [0.25, 0.3) is 0 Å². The van der Waals surface area contributed by atoms with Crippen LogP contribution in [0.1, 0.15) is 6.42 Å². The zero-order chi connectivity index (χ0) is 12.4. The largest absolute Gasteiger partial charge is 0.497 e. The van der Waals surface area contributed by atoms with Crippen molar-refractivity contribution in [1.82, 2.24) is 0 Å². The molecule has 0 bridgehead atoms. The van der Waals surface area contributed by atoms with E-state index in [0.29, 0.717) is 12.3 Å². The maximum atomic E-state index is 11.9. The molecule has 0 spiro atoms. The fraction of sp³-hybridized carbons (Fsp3) is 0.417. The molecule has 1 aliphatic heterocycles. The maximum Gasteiger partial charge on any atom is 0.227 e. The molecule has 1 heterocycles. The lowest BCUT2D eigenvalue weighted by Crippen LogP contribution is -2.25. The number of ether oxygens (including phenoxy) is 1. The van der Waals surface area contributed by atoms with Crippen LogP contribution < -0.4 is 9.64 Å². The first kappa shape index (κ1) is 13.0. The fourth-order valence-corrected chi connectivity index (χ4v) is 2.83. The van der Waals surface area contributed by atoms with Gasteiger partial charge >= 0.3 is 0 Å². The first-order chi connectivity index (χ1) is 8.15. The zero-order valence-corrected chi connectivity index (χ0v) is 12.6. The van der Waals surface area contributed by atoms with Crippen molar-refractivity contribution < 1.29 is 9.53 Å². The van der Waals surface area contributed by atoms with Crippen molar-refractivity contribution >= 4 is 46.8 Å². The molecule has 1 amide bonds. The van der Waals surface area contributed by atoms with Crippen molar-refractivity contribution in [3.05, 3.63) is 21.8 Å². The Morgan fingerprint density at radius 2 is 2.35 bits per heavy atom. The zero-order valence-electron chi connectivity index (χ0n) is 9.52. The molecular weight excluding hydrogens is 349 g/mol. The van der Waals surface area contributed by atoms with Crippen LogP contribution in [0.15, 0.2) is 18.2 Å². The lowest BCUT2D eigenvalue weighted by Gasteiger charge is -2.19. The number of carbonyl (C=O) groups excluding carboxylic acids is 1. The highest BCUT2D eigenvalue weighted by Gasteiger charge is 2.30. The van der Waals surface area contributed by atoms with E-state index in [2.05, 4.69) is 35.2 Å². The molecule has 1 unspecified atom stereocenters. The second-order valence-electron chi connectivity index (χ2n) is 4.07. The molecule has 1 atom stereocenters. The summed E-state index contributed by atoms with van der Waals surface area (Å²) in [5.74, 6) is 2.06. The van der Waals surface area contributed by atoms with Crippen LogP contribution in [0, 0.1) is 9.49 Å². The second kappa shape index (κ2) is 5.48. The smallest absolute Gasteiger partial charge is 0.227 e. The third-order valence-corrected chi connectivity index (χ3v) is 4.34. The Kier molecular flexibility index (Phi) is 4.19. The molecule has 1 fully saturated rings. The number of halogens is 1. The predicted octanol–water partition coefficient (Wildman–Crippen LogP) is 2.58. The quantitative estimate of drug-likeness (QED) is 0.661. The molecule has 1 aliphatic rings. The number of benzene rings is 1. The van der Waals surface area contributed by atoms with Gasteiger partial charge in [0.2, 0.25) is 5.91 Å². The van der Waals surface area contributed by atoms with Gasteiger partial charge in [-0.2, -0.15) is 12.6 Å². The van der Waals surface area contributed by atoms with Crippen LogP contribution in [-0.2, 0) is 4.79 Å². The number of carbonyl (C=O) groups is 1. The van der Waals surface area contributed by atoms with E-state index in [9.17, 15) is 4.79 Å². The molecule has 0 aliphatic carbocycles. The summed E-state index contributed by atoms with van der Waals surface area (Å²) >= 11 is 6.51. The van der Waals surface area contributed by atoms with Crippen LogP contribution in [0.3, 0.4) is 0 Å². The van der Waals surface area contributed by atoms with Crippen molar-refractivity contribution in [3.63, 3.8) is 0 Å². The Balaban J connectivity index is 2.30. The summed E-state index contributed by atoms with van der Waals surface area (Å²) in [6, 6.07) is 5.79. The highest BCUT2D eigenvalue weighted by atomic mass is 127. The van der Waals surface area contributed by atoms with Gasteiger partial charge in [-0.25, -0.2) is 0 Å². The molecule has 0 saturated carbocycles. The summed E-state index contributed by atoms with van der Waals surface area (Å²) in [7, 11) is 1.63. The number of nitrogens with zero attached hydrogens (tertiary/aromatic N) is 1. The molecule has 1 saturated heterocycles. The van der Waals surface area contributed by atoms with Gasteiger partial charge in [-0.1, -0.05) is 0 Å². The normalized spacial score (nSPS) is 19.8. The van der Waals surface area contributed by atoms with E-state index in [4.69, 9.17) is 4.74 Å². The minimum atomic E-state index is 0.176. The topological polar surface area (TPSA) is 29.5 Å². The molecule has 0 radical (unpaired) electrons. The standard InChI is InChI=1S/C12H14INO2S/c1-16-9-2-3-10(13)11(5-9)14-6-8(7-17)4-12(14)15/h2-3,5,8,17H,4,6-7H2,1H3. The molecule has 0 aromatic heterocycles. The number of anilines is 1. The van der Waals surface area contributed by atoms with Crippen LogP contribution in [-0.4, -0.2) is 25.3 Å². The number of methoxy groups -OCH3 is 1. The summed E-state index contributed by atoms with van der Waals surface area (Å²) in [6.45, 7) is 0.755. The first-order valence-electron chi connectivity index (χ1n) is 5.40. The summed E-state index contributed by atoms with van der Waals surface area (Å²) in [4.78, 5) is 13.8. The highest BCUT2D eigenvalue weighted by Crippen LogP contribution is 2.32. The molecule has 1 aromatic rings. The van der Waals surface area contributed by atoms with E-state index in [0.717, 1.165) is 27.3 Å². The Morgan fingerprint density at radius 1 is 1.59 bits per heavy atom. The molecule has 0 N–H and O–H groups in total. The Morgan fingerprint density at radius 3 is 2.94 bits per heavy atom. The summed E-state index contributed by atoms with van der Waals surface area (Å²) < 4.78 is 6.27. The number of hydrogen-bond acceptors (Lipinski definition) is 3.